The zero-order valence-corrected chi connectivity index (χ0v) is 12.2. The minimum atomic E-state index is -1.01. The van der Waals surface area contributed by atoms with Crippen molar-refractivity contribution < 1.29 is 14.7 Å². The van der Waals surface area contributed by atoms with Crippen LogP contribution in [0.4, 0.5) is 0 Å². The Morgan fingerprint density at radius 1 is 1.00 bits per heavy atom. The van der Waals surface area contributed by atoms with Crippen LogP contribution in [0.15, 0.2) is 48.5 Å². The van der Waals surface area contributed by atoms with E-state index >= 15 is 0 Å². The zero-order chi connectivity index (χ0) is 15.4. The van der Waals surface area contributed by atoms with E-state index in [-0.39, 0.29) is 11.5 Å². The van der Waals surface area contributed by atoms with Crippen LogP contribution in [0.2, 0.25) is 5.02 Å². The molecule has 0 aliphatic heterocycles. The van der Waals surface area contributed by atoms with Crippen molar-refractivity contribution in [1.82, 2.24) is 4.90 Å². The lowest BCUT2D eigenvalue weighted by Gasteiger charge is -2.17. The molecule has 0 bridgehead atoms. The molecule has 1 N–H and O–H groups in total. The molecule has 0 saturated carbocycles. The molecule has 2 rings (SSSR count). The Morgan fingerprint density at radius 3 is 2.05 bits per heavy atom. The Bertz CT molecular complexity index is 650. The SMILES string of the molecule is CN(Cc1ccc(Cl)cc1)C(=O)c1ccc(C(=O)O)cc1. The Kier molecular flexibility index (Phi) is 4.60. The Labute approximate surface area is 127 Å². The molecule has 4 nitrogen and oxygen atoms in total. The number of carbonyl (C=O) groups is 2. The Morgan fingerprint density at radius 2 is 1.52 bits per heavy atom. The Hall–Kier alpha value is -2.33. The van der Waals surface area contributed by atoms with Crippen LogP contribution < -0.4 is 0 Å². The summed E-state index contributed by atoms with van der Waals surface area (Å²) in [5.41, 5.74) is 1.58. The van der Waals surface area contributed by atoms with E-state index in [9.17, 15) is 9.59 Å². The lowest BCUT2D eigenvalue weighted by Crippen LogP contribution is -2.26. The number of benzene rings is 2. The molecular formula is C16H14ClNO3. The number of carboxylic acid groups (broad SMARTS) is 1. The predicted octanol–water partition coefficient (Wildman–Crippen LogP) is 3.31. The summed E-state index contributed by atoms with van der Waals surface area (Å²) in [5.74, 6) is -1.18. The smallest absolute Gasteiger partial charge is 0.335 e. The number of rotatable bonds is 4. The van der Waals surface area contributed by atoms with Gasteiger partial charge in [-0.1, -0.05) is 23.7 Å². The van der Waals surface area contributed by atoms with Crippen molar-refractivity contribution in [3.05, 3.63) is 70.2 Å². The fourth-order valence-electron chi connectivity index (χ4n) is 1.91. The quantitative estimate of drug-likeness (QED) is 0.942. The van der Waals surface area contributed by atoms with Gasteiger partial charge in [0.05, 0.1) is 5.56 Å². The third kappa shape index (κ3) is 3.83. The molecule has 0 unspecified atom stereocenters. The highest BCUT2D eigenvalue weighted by Gasteiger charge is 2.13. The van der Waals surface area contributed by atoms with Crippen LogP contribution >= 0.6 is 11.6 Å². The molecule has 2 aromatic carbocycles. The van der Waals surface area contributed by atoms with E-state index in [0.717, 1.165) is 5.56 Å². The van der Waals surface area contributed by atoms with Crippen LogP contribution in [-0.4, -0.2) is 28.9 Å². The molecule has 2 aromatic rings. The number of nitrogens with zero attached hydrogens (tertiary/aromatic N) is 1. The van der Waals surface area contributed by atoms with Gasteiger partial charge in [-0.15, -0.1) is 0 Å². The average Bonchev–Trinajstić information content (AvgIpc) is 2.49. The summed E-state index contributed by atoms with van der Waals surface area (Å²) in [6, 6.07) is 13.2. The van der Waals surface area contributed by atoms with Gasteiger partial charge < -0.3 is 10.0 Å². The molecule has 0 atom stereocenters. The third-order valence-corrected chi connectivity index (χ3v) is 3.31. The van der Waals surface area contributed by atoms with Gasteiger partial charge in [0.25, 0.3) is 5.91 Å². The molecule has 1 amide bonds. The topological polar surface area (TPSA) is 57.6 Å². The maximum atomic E-state index is 12.2. The second kappa shape index (κ2) is 6.41. The largest absolute Gasteiger partial charge is 0.478 e. The van der Waals surface area contributed by atoms with Gasteiger partial charge in [-0.2, -0.15) is 0 Å². The summed E-state index contributed by atoms with van der Waals surface area (Å²) in [7, 11) is 1.70. The summed E-state index contributed by atoms with van der Waals surface area (Å²) in [4.78, 5) is 24.6. The van der Waals surface area contributed by atoms with E-state index in [1.807, 2.05) is 12.1 Å². The number of hydrogen-bond donors (Lipinski definition) is 1. The first kappa shape index (κ1) is 15.1. The highest BCUT2D eigenvalue weighted by Crippen LogP contribution is 2.13. The van der Waals surface area contributed by atoms with Crippen molar-refractivity contribution in [1.29, 1.82) is 0 Å². The highest BCUT2D eigenvalue weighted by atomic mass is 35.5. The molecule has 0 spiro atoms. The number of aromatic carboxylic acids is 1. The standard InChI is InChI=1S/C16H14ClNO3/c1-18(10-11-2-8-14(17)9-3-11)15(19)12-4-6-13(7-5-12)16(20)21/h2-9H,10H2,1H3,(H,20,21). The first-order valence-corrected chi connectivity index (χ1v) is 6.68. The van der Waals surface area contributed by atoms with Crippen molar-refractivity contribution in [2.75, 3.05) is 7.05 Å². The summed E-state index contributed by atoms with van der Waals surface area (Å²) >= 11 is 5.82. The minimum Gasteiger partial charge on any atom is -0.478 e. The molecule has 108 valence electrons. The van der Waals surface area contributed by atoms with E-state index in [0.29, 0.717) is 17.1 Å². The number of halogens is 1. The highest BCUT2D eigenvalue weighted by molar-refractivity contribution is 6.30. The van der Waals surface area contributed by atoms with Gasteiger partial charge in [0, 0.05) is 24.2 Å². The van der Waals surface area contributed by atoms with E-state index in [2.05, 4.69) is 0 Å². The van der Waals surface area contributed by atoms with Crippen LogP contribution in [0, 0.1) is 0 Å². The lowest BCUT2D eigenvalue weighted by molar-refractivity contribution is 0.0695. The average molecular weight is 304 g/mol. The molecule has 0 saturated heterocycles. The van der Waals surface area contributed by atoms with Gasteiger partial charge in [-0.3, -0.25) is 4.79 Å². The molecule has 0 aliphatic carbocycles. The number of amides is 1. The molecule has 0 aromatic heterocycles. The maximum Gasteiger partial charge on any atom is 0.335 e. The molecule has 0 fully saturated rings. The van der Waals surface area contributed by atoms with Gasteiger partial charge in [-0.05, 0) is 42.0 Å². The van der Waals surface area contributed by atoms with Crippen molar-refractivity contribution in [2.24, 2.45) is 0 Å². The second-order valence-corrected chi connectivity index (χ2v) is 5.11. The van der Waals surface area contributed by atoms with Gasteiger partial charge in [0.1, 0.15) is 0 Å². The summed E-state index contributed by atoms with van der Waals surface area (Å²) in [6.07, 6.45) is 0. The minimum absolute atomic E-state index is 0.159. The first-order valence-electron chi connectivity index (χ1n) is 6.30. The molecule has 21 heavy (non-hydrogen) atoms. The van der Waals surface area contributed by atoms with Crippen molar-refractivity contribution in [3.8, 4) is 0 Å². The molecule has 0 heterocycles. The normalized spacial score (nSPS) is 10.2. The molecule has 0 aliphatic rings. The summed E-state index contributed by atoms with van der Waals surface area (Å²) in [6.45, 7) is 0.455. The third-order valence-electron chi connectivity index (χ3n) is 3.06. The summed E-state index contributed by atoms with van der Waals surface area (Å²) in [5, 5.41) is 9.48. The number of hydrogen-bond acceptors (Lipinski definition) is 2. The fraction of sp³-hybridized carbons (Fsp3) is 0.125. The van der Waals surface area contributed by atoms with E-state index in [1.54, 1.807) is 24.1 Å². The first-order chi connectivity index (χ1) is 9.97. The fourth-order valence-corrected chi connectivity index (χ4v) is 2.04. The summed E-state index contributed by atoms with van der Waals surface area (Å²) < 4.78 is 0. The van der Waals surface area contributed by atoms with Gasteiger partial charge >= 0.3 is 5.97 Å². The molecule has 5 heteroatoms. The van der Waals surface area contributed by atoms with Gasteiger partial charge in [0.15, 0.2) is 0 Å². The van der Waals surface area contributed by atoms with Crippen molar-refractivity contribution in [3.63, 3.8) is 0 Å². The van der Waals surface area contributed by atoms with Crippen LogP contribution in [0.3, 0.4) is 0 Å². The van der Waals surface area contributed by atoms with Crippen LogP contribution in [-0.2, 0) is 6.54 Å². The van der Waals surface area contributed by atoms with Crippen molar-refractivity contribution >= 4 is 23.5 Å². The van der Waals surface area contributed by atoms with E-state index < -0.39 is 5.97 Å². The van der Waals surface area contributed by atoms with Gasteiger partial charge in [-0.25, -0.2) is 4.79 Å². The van der Waals surface area contributed by atoms with Crippen LogP contribution in [0.25, 0.3) is 0 Å². The van der Waals surface area contributed by atoms with Crippen LogP contribution in [0.5, 0.6) is 0 Å². The predicted molar refractivity (Wildman–Crippen MR) is 80.7 cm³/mol. The Balaban J connectivity index is 2.08. The lowest BCUT2D eigenvalue weighted by atomic mass is 10.1. The maximum absolute atomic E-state index is 12.2. The van der Waals surface area contributed by atoms with Gasteiger partial charge in [0.2, 0.25) is 0 Å². The van der Waals surface area contributed by atoms with Crippen molar-refractivity contribution in [2.45, 2.75) is 6.54 Å². The number of carboxylic acids is 1. The second-order valence-electron chi connectivity index (χ2n) is 4.67. The van der Waals surface area contributed by atoms with E-state index in [1.165, 1.54) is 24.3 Å². The zero-order valence-electron chi connectivity index (χ0n) is 11.4. The molecular weight excluding hydrogens is 290 g/mol. The van der Waals surface area contributed by atoms with E-state index in [4.69, 9.17) is 16.7 Å². The number of carbonyl (C=O) groups excluding carboxylic acids is 1. The van der Waals surface area contributed by atoms with Crippen LogP contribution in [0.1, 0.15) is 26.3 Å². The monoisotopic (exact) mass is 303 g/mol. The molecule has 0 radical (unpaired) electrons.